The standard InChI is InChI=1S/C18H20ClFN2O4/c1-10(18(23)22-14-6-5-11(20)7-13(14)19)21-12-8-15(24-2)17(26-4)16(9-12)25-3/h5-10,21H,1-4H3,(H,22,23)/t10-/m0/s1. The monoisotopic (exact) mass is 382 g/mol. The van der Waals surface area contributed by atoms with Gasteiger partial charge in [-0.2, -0.15) is 0 Å². The van der Waals surface area contributed by atoms with E-state index in [0.717, 1.165) is 6.07 Å². The molecule has 0 heterocycles. The summed E-state index contributed by atoms with van der Waals surface area (Å²) in [7, 11) is 4.53. The number of hydrogen-bond acceptors (Lipinski definition) is 5. The molecule has 2 aromatic rings. The van der Waals surface area contributed by atoms with Crippen molar-refractivity contribution in [2.75, 3.05) is 32.0 Å². The average molecular weight is 383 g/mol. The third-order valence-corrected chi connectivity index (χ3v) is 3.94. The maximum absolute atomic E-state index is 13.1. The van der Waals surface area contributed by atoms with Crippen molar-refractivity contribution in [1.82, 2.24) is 0 Å². The van der Waals surface area contributed by atoms with E-state index in [0.29, 0.717) is 28.6 Å². The van der Waals surface area contributed by atoms with E-state index in [1.54, 1.807) is 19.1 Å². The lowest BCUT2D eigenvalue weighted by Crippen LogP contribution is -2.32. The Labute approximate surface area is 156 Å². The molecule has 0 aromatic heterocycles. The Kier molecular flexibility index (Phi) is 6.52. The van der Waals surface area contributed by atoms with Crippen molar-refractivity contribution in [1.29, 1.82) is 0 Å². The highest BCUT2D eigenvalue weighted by Gasteiger charge is 2.18. The molecule has 0 radical (unpaired) electrons. The molecule has 0 unspecified atom stereocenters. The number of ether oxygens (including phenoxy) is 3. The van der Waals surface area contributed by atoms with Gasteiger partial charge < -0.3 is 24.8 Å². The Bertz CT molecular complexity index is 776. The molecule has 8 heteroatoms. The molecule has 1 atom stereocenters. The van der Waals surface area contributed by atoms with Crippen molar-refractivity contribution in [3.63, 3.8) is 0 Å². The van der Waals surface area contributed by atoms with Gasteiger partial charge in [0.05, 0.1) is 32.0 Å². The number of carbonyl (C=O) groups excluding carboxylic acids is 1. The fourth-order valence-corrected chi connectivity index (χ4v) is 2.53. The zero-order valence-electron chi connectivity index (χ0n) is 14.9. The molecule has 2 aromatic carbocycles. The van der Waals surface area contributed by atoms with E-state index in [2.05, 4.69) is 10.6 Å². The molecular formula is C18H20ClFN2O4. The zero-order chi connectivity index (χ0) is 19.3. The molecule has 0 fully saturated rings. The van der Waals surface area contributed by atoms with Crippen molar-refractivity contribution in [3.8, 4) is 17.2 Å². The summed E-state index contributed by atoms with van der Waals surface area (Å²) in [4.78, 5) is 12.4. The number of amides is 1. The van der Waals surface area contributed by atoms with Crippen LogP contribution in [0.15, 0.2) is 30.3 Å². The van der Waals surface area contributed by atoms with Gasteiger partial charge in [-0.15, -0.1) is 0 Å². The lowest BCUT2D eigenvalue weighted by atomic mass is 10.2. The third-order valence-electron chi connectivity index (χ3n) is 3.63. The molecule has 0 aliphatic rings. The number of rotatable bonds is 7. The summed E-state index contributed by atoms with van der Waals surface area (Å²) in [5.41, 5.74) is 0.934. The highest BCUT2D eigenvalue weighted by molar-refractivity contribution is 6.33. The Morgan fingerprint density at radius 1 is 1.08 bits per heavy atom. The van der Waals surface area contributed by atoms with Crippen molar-refractivity contribution < 1.29 is 23.4 Å². The highest BCUT2D eigenvalue weighted by Crippen LogP contribution is 2.40. The predicted molar refractivity (Wildman–Crippen MR) is 99.2 cm³/mol. The van der Waals surface area contributed by atoms with Crippen LogP contribution in [0, 0.1) is 5.82 Å². The van der Waals surface area contributed by atoms with Crippen molar-refractivity contribution in [2.24, 2.45) is 0 Å². The lowest BCUT2D eigenvalue weighted by Gasteiger charge is -2.18. The molecule has 140 valence electrons. The van der Waals surface area contributed by atoms with Gasteiger partial charge in [-0.05, 0) is 25.1 Å². The minimum Gasteiger partial charge on any atom is -0.493 e. The summed E-state index contributed by atoms with van der Waals surface area (Å²) in [6.07, 6.45) is 0. The second kappa shape index (κ2) is 8.62. The van der Waals surface area contributed by atoms with E-state index in [4.69, 9.17) is 25.8 Å². The summed E-state index contributed by atoms with van der Waals surface area (Å²) >= 11 is 5.93. The molecule has 0 spiro atoms. The van der Waals surface area contributed by atoms with Crippen LogP contribution in [0.2, 0.25) is 5.02 Å². The second-order valence-electron chi connectivity index (χ2n) is 5.39. The van der Waals surface area contributed by atoms with Gasteiger partial charge in [0.15, 0.2) is 11.5 Å². The molecule has 26 heavy (non-hydrogen) atoms. The van der Waals surface area contributed by atoms with E-state index in [9.17, 15) is 9.18 Å². The molecule has 0 saturated carbocycles. The molecular weight excluding hydrogens is 363 g/mol. The summed E-state index contributed by atoms with van der Waals surface area (Å²) in [6.45, 7) is 1.68. The van der Waals surface area contributed by atoms with E-state index in [1.165, 1.54) is 33.5 Å². The van der Waals surface area contributed by atoms with Gasteiger partial charge in [-0.25, -0.2) is 4.39 Å². The van der Waals surface area contributed by atoms with Gasteiger partial charge in [0, 0.05) is 17.8 Å². The number of benzene rings is 2. The smallest absolute Gasteiger partial charge is 0.246 e. The van der Waals surface area contributed by atoms with Crippen LogP contribution in [0.25, 0.3) is 0 Å². The van der Waals surface area contributed by atoms with Crippen LogP contribution in [-0.4, -0.2) is 33.3 Å². The number of hydrogen-bond donors (Lipinski definition) is 2. The Morgan fingerprint density at radius 3 is 2.19 bits per heavy atom. The Hall–Kier alpha value is -2.67. The lowest BCUT2D eigenvalue weighted by molar-refractivity contribution is -0.116. The summed E-state index contributed by atoms with van der Waals surface area (Å²) in [6, 6.07) is 6.53. The van der Waals surface area contributed by atoms with Crippen LogP contribution < -0.4 is 24.8 Å². The van der Waals surface area contributed by atoms with E-state index < -0.39 is 11.9 Å². The van der Waals surface area contributed by atoms with Gasteiger partial charge in [-0.1, -0.05) is 11.6 Å². The van der Waals surface area contributed by atoms with Crippen LogP contribution in [0.4, 0.5) is 15.8 Å². The minimum atomic E-state index is -0.612. The van der Waals surface area contributed by atoms with Crippen molar-refractivity contribution >= 4 is 28.9 Å². The SMILES string of the molecule is COc1cc(N[C@@H](C)C(=O)Nc2ccc(F)cc2Cl)cc(OC)c1OC. The summed E-state index contributed by atoms with van der Waals surface area (Å²) in [5.74, 6) is 0.562. The van der Waals surface area contributed by atoms with Crippen LogP contribution in [0.1, 0.15) is 6.92 Å². The second-order valence-corrected chi connectivity index (χ2v) is 5.80. The molecule has 6 nitrogen and oxygen atoms in total. The average Bonchev–Trinajstić information content (AvgIpc) is 2.62. The fourth-order valence-electron chi connectivity index (χ4n) is 2.31. The van der Waals surface area contributed by atoms with Crippen molar-refractivity contribution in [2.45, 2.75) is 13.0 Å². The van der Waals surface area contributed by atoms with Crippen LogP contribution in [-0.2, 0) is 4.79 Å². The first-order valence-electron chi connectivity index (χ1n) is 7.72. The number of methoxy groups -OCH3 is 3. The molecule has 2 rings (SSSR count). The zero-order valence-corrected chi connectivity index (χ0v) is 15.6. The minimum absolute atomic E-state index is 0.123. The first kappa shape index (κ1) is 19.7. The maximum Gasteiger partial charge on any atom is 0.246 e. The molecule has 0 bridgehead atoms. The van der Waals surface area contributed by atoms with Crippen LogP contribution >= 0.6 is 11.6 Å². The Morgan fingerprint density at radius 2 is 1.69 bits per heavy atom. The van der Waals surface area contributed by atoms with E-state index in [-0.39, 0.29) is 10.9 Å². The van der Waals surface area contributed by atoms with Crippen LogP contribution in [0.3, 0.4) is 0 Å². The van der Waals surface area contributed by atoms with Gasteiger partial charge in [0.25, 0.3) is 0 Å². The number of halogens is 2. The normalized spacial score (nSPS) is 11.5. The predicted octanol–water partition coefficient (Wildman–Crippen LogP) is 3.94. The van der Waals surface area contributed by atoms with Crippen LogP contribution in [0.5, 0.6) is 17.2 Å². The maximum atomic E-state index is 13.1. The van der Waals surface area contributed by atoms with Gasteiger partial charge in [0.1, 0.15) is 11.9 Å². The number of carbonyl (C=O) groups is 1. The summed E-state index contributed by atoms with van der Waals surface area (Å²) in [5, 5.41) is 5.82. The fraction of sp³-hybridized carbons (Fsp3) is 0.278. The molecule has 0 saturated heterocycles. The third kappa shape index (κ3) is 4.49. The molecule has 0 aliphatic heterocycles. The largest absolute Gasteiger partial charge is 0.493 e. The first-order chi connectivity index (χ1) is 12.4. The highest BCUT2D eigenvalue weighted by atomic mass is 35.5. The van der Waals surface area contributed by atoms with E-state index >= 15 is 0 Å². The van der Waals surface area contributed by atoms with Gasteiger partial charge >= 0.3 is 0 Å². The topological polar surface area (TPSA) is 68.8 Å². The molecule has 0 aliphatic carbocycles. The first-order valence-corrected chi connectivity index (χ1v) is 8.09. The Balaban J connectivity index is 2.15. The molecule has 1 amide bonds. The van der Waals surface area contributed by atoms with Gasteiger partial charge in [-0.3, -0.25) is 4.79 Å². The quantitative estimate of drug-likeness (QED) is 0.759. The van der Waals surface area contributed by atoms with Gasteiger partial charge in [0.2, 0.25) is 11.7 Å². The summed E-state index contributed by atoms with van der Waals surface area (Å²) < 4.78 is 28.9. The number of anilines is 2. The van der Waals surface area contributed by atoms with E-state index in [1.807, 2.05) is 0 Å². The molecule has 2 N–H and O–H groups in total. The number of nitrogens with one attached hydrogen (secondary N) is 2. The van der Waals surface area contributed by atoms with Crippen molar-refractivity contribution in [3.05, 3.63) is 41.2 Å².